The largest absolute Gasteiger partial charge is 0.493 e. The summed E-state index contributed by atoms with van der Waals surface area (Å²) in [5.41, 5.74) is 1.31. The number of fused-ring (bicyclic) bond motifs is 1. The van der Waals surface area contributed by atoms with Gasteiger partial charge < -0.3 is 24.4 Å². The highest BCUT2D eigenvalue weighted by Gasteiger charge is 2.21. The number of nitrogens with one attached hydrogen (secondary N) is 1. The number of ether oxygens (including phenoxy) is 3. The van der Waals surface area contributed by atoms with Crippen LogP contribution in [-0.2, 0) is 4.74 Å². The van der Waals surface area contributed by atoms with E-state index in [1.165, 1.54) is 44.4 Å². The lowest BCUT2D eigenvalue weighted by Crippen LogP contribution is -2.22. The SMILES string of the molecule is Fc1ccc(Nc2ncnc3cc(OCCCN4CCCC4)cc(OC4CCOC4)c23)cc1Cl. The average Bonchev–Trinajstić information content (AvgIpc) is 3.54. The molecule has 0 saturated carbocycles. The van der Waals surface area contributed by atoms with Gasteiger partial charge in [-0.15, -0.1) is 0 Å². The maximum atomic E-state index is 13.6. The molecule has 5 rings (SSSR count). The third-order valence-corrected chi connectivity index (χ3v) is 6.41. The zero-order valence-electron chi connectivity index (χ0n) is 18.9. The molecule has 3 aromatic rings. The van der Waals surface area contributed by atoms with Crippen LogP contribution in [0, 0.1) is 5.82 Å². The predicted octanol–water partition coefficient (Wildman–Crippen LogP) is 5.20. The van der Waals surface area contributed by atoms with Gasteiger partial charge in [0.15, 0.2) is 0 Å². The van der Waals surface area contributed by atoms with Crippen LogP contribution in [-0.4, -0.2) is 60.4 Å². The molecule has 7 nitrogen and oxygen atoms in total. The Kier molecular flexibility index (Phi) is 7.27. The summed E-state index contributed by atoms with van der Waals surface area (Å²) in [6.45, 7) is 5.25. The number of nitrogens with zero attached hydrogens (tertiary/aromatic N) is 3. The molecular weight excluding hydrogens is 459 g/mol. The molecule has 0 spiro atoms. The molecule has 2 saturated heterocycles. The summed E-state index contributed by atoms with van der Waals surface area (Å²) in [7, 11) is 0. The first kappa shape index (κ1) is 23.1. The maximum absolute atomic E-state index is 13.6. The third kappa shape index (κ3) is 5.51. The smallest absolute Gasteiger partial charge is 0.145 e. The number of likely N-dealkylation sites (tertiary alicyclic amines) is 1. The second-order valence-corrected chi connectivity index (χ2v) is 9.05. The molecule has 0 aliphatic carbocycles. The van der Waals surface area contributed by atoms with Crippen molar-refractivity contribution in [3.8, 4) is 11.5 Å². The predicted molar refractivity (Wildman–Crippen MR) is 130 cm³/mol. The summed E-state index contributed by atoms with van der Waals surface area (Å²) in [5.74, 6) is 1.40. The highest BCUT2D eigenvalue weighted by Crippen LogP contribution is 2.37. The van der Waals surface area contributed by atoms with Crippen LogP contribution in [0.4, 0.5) is 15.9 Å². The van der Waals surface area contributed by atoms with Crippen LogP contribution in [0.25, 0.3) is 10.9 Å². The van der Waals surface area contributed by atoms with E-state index in [9.17, 15) is 4.39 Å². The van der Waals surface area contributed by atoms with Gasteiger partial charge in [-0.05, 0) is 50.6 Å². The van der Waals surface area contributed by atoms with E-state index in [1.54, 1.807) is 6.07 Å². The monoisotopic (exact) mass is 486 g/mol. The van der Waals surface area contributed by atoms with Crippen molar-refractivity contribution in [2.45, 2.75) is 31.8 Å². The minimum atomic E-state index is -0.475. The third-order valence-electron chi connectivity index (χ3n) is 6.13. The number of aromatic nitrogens is 2. The van der Waals surface area contributed by atoms with E-state index in [0.717, 1.165) is 24.8 Å². The Bertz CT molecular complexity index is 1140. The number of benzene rings is 2. The molecule has 0 bridgehead atoms. The number of hydrogen-bond acceptors (Lipinski definition) is 7. The number of hydrogen-bond donors (Lipinski definition) is 1. The van der Waals surface area contributed by atoms with Crippen molar-refractivity contribution >= 4 is 34.0 Å². The lowest BCUT2D eigenvalue weighted by Gasteiger charge is -2.18. The number of anilines is 2. The van der Waals surface area contributed by atoms with E-state index in [0.29, 0.717) is 48.3 Å². The van der Waals surface area contributed by atoms with Crippen LogP contribution in [0.15, 0.2) is 36.7 Å². The van der Waals surface area contributed by atoms with Crippen LogP contribution < -0.4 is 14.8 Å². The van der Waals surface area contributed by atoms with Gasteiger partial charge in [0.25, 0.3) is 0 Å². The molecule has 1 aromatic heterocycles. The molecule has 180 valence electrons. The van der Waals surface area contributed by atoms with Gasteiger partial charge in [-0.25, -0.2) is 14.4 Å². The molecule has 34 heavy (non-hydrogen) atoms. The van der Waals surface area contributed by atoms with E-state index in [-0.39, 0.29) is 11.1 Å². The van der Waals surface area contributed by atoms with Crippen LogP contribution in [0.1, 0.15) is 25.7 Å². The maximum Gasteiger partial charge on any atom is 0.145 e. The average molecular weight is 487 g/mol. The molecule has 2 aromatic carbocycles. The van der Waals surface area contributed by atoms with E-state index < -0.39 is 5.82 Å². The van der Waals surface area contributed by atoms with E-state index >= 15 is 0 Å². The molecule has 0 radical (unpaired) electrons. The summed E-state index contributed by atoms with van der Waals surface area (Å²) in [6, 6.07) is 8.23. The minimum absolute atomic E-state index is 0.0348. The standard InChI is InChI=1S/C25H28ClFN4O3/c26-20-12-17(4-5-21(20)27)30-25-24-22(28-16-29-25)13-19(14-23(24)34-18-6-11-32-15-18)33-10-3-9-31-7-1-2-8-31/h4-5,12-14,16,18H,1-3,6-11,15H2,(H,28,29,30). The quantitative estimate of drug-likeness (QED) is 0.417. The molecule has 9 heteroatoms. The van der Waals surface area contributed by atoms with Crippen molar-refractivity contribution in [3.05, 3.63) is 47.5 Å². The van der Waals surface area contributed by atoms with Gasteiger partial charge in [-0.1, -0.05) is 11.6 Å². The minimum Gasteiger partial charge on any atom is -0.493 e. The zero-order chi connectivity index (χ0) is 23.3. The molecular formula is C25H28ClFN4O3. The Morgan fingerprint density at radius 1 is 1.18 bits per heavy atom. The fourth-order valence-electron chi connectivity index (χ4n) is 4.38. The second kappa shape index (κ2) is 10.7. The van der Waals surface area contributed by atoms with Crippen molar-refractivity contribution in [2.24, 2.45) is 0 Å². The van der Waals surface area contributed by atoms with Gasteiger partial charge in [-0.3, -0.25) is 0 Å². The molecule has 2 fully saturated rings. The first-order valence-corrected chi connectivity index (χ1v) is 12.1. The zero-order valence-corrected chi connectivity index (χ0v) is 19.7. The molecule has 1 atom stereocenters. The molecule has 0 amide bonds. The van der Waals surface area contributed by atoms with Crippen molar-refractivity contribution in [1.29, 1.82) is 0 Å². The first-order chi connectivity index (χ1) is 16.7. The lowest BCUT2D eigenvalue weighted by atomic mass is 10.2. The Balaban J connectivity index is 1.40. The molecule has 1 N–H and O–H groups in total. The first-order valence-electron chi connectivity index (χ1n) is 11.8. The summed E-state index contributed by atoms with van der Waals surface area (Å²) < 4.78 is 31.5. The number of halogens is 2. The molecule has 3 heterocycles. The Labute approximate surface area is 203 Å². The fourth-order valence-corrected chi connectivity index (χ4v) is 4.56. The van der Waals surface area contributed by atoms with Crippen LogP contribution in [0.3, 0.4) is 0 Å². The van der Waals surface area contributed by atoms with Crippen molar-refractivity contribution in [2.75, 3.05) is 44.8 Å². The van der Waals surface area contributed by atoms with Gasteiger partial charge in [0, 0.05) is 30.8 Å². The van der Waals surface area contributed by atoms with Crippen molar-refractivity contribution < 1.29 is 18.6 Å². The topological polar surface area (TPSA) is 68.7 Å². The summed E-state index contributed by atoms with van der Waals surface area (Å²) in [5, 5.41) is 3.98. The lowest BCUT2D eigenvalue weighted by molar-refractivity contribution is 0.142. The fraction of sp³-hybridized carbons (Fsp3) is 0.440. The van der Waals surface area contributed by atoms with Gasteiger partial charge in [0.1, 0.15) is 35.6 Å². The van der Waals surface area contributed by atoms with Crippen LogP contribution in [0.2, 0.25) is 5.02 Å². The Hall–Kier alpha value is -2.68. The second-order valence-electron chi connectivity index (χ2n) is 8.65. The molecule has 2 aliphatic heterocycles. The Morgan fingerprint density at radius 3 is 2.85 bits per heavy atom. The number of rotatable bonds is 9. The van der Waals surface area contributed by atoms with E-state index in [2.05, 4.69) is 20.2 Å². The summed E-state index contributed by atoms with van der Waals surface area (Å²) in [4.78, 5) is 11.4. The molecule has 1 unspecified atom stereocenters. The van der Waals surface area contributed by atoms with E-state index in [4.69, 9.17) is 25.8 Å². The van der Waals surface area contributed by atoms with Crippen molar-refractivity contribution in [3.63, 3.8) is 0 Å². The summed E-state index contributed by atoms with van der Waals surface area (Å²) in [6.07, 6.45) is 5.78. The Morgan fingerprint density at radius 2 is 2.06 bits per heavy atom. The summed E-state index contributed by atoms with van der Waals surface area (Å²) >= 11 is 5.96. The van der Waals surface area contributed by atoms with Crippen LogP contribution >= 0.6 is 11.6 Å². The highest BCUT2D eigenvalue weighted by atomic mass is 35.5. The molecule has 2 aliphatic rings. The van der Waals surface area contributed by atoms with Gasteiger partial charge in [0.2, 0.25) is 0 Å². The van der Waals surface area contributed by atoms with Gasteiger partial charge in [-0.2, -0.15) is 0 Å². The highest BCUT2D eigenvalue weighted by molar-refractivity contribution is 6.31. The van der Waals surface area contributed by atoms with Gasteiger partial charge >= 0.3 is 0 Å². The van der Waals surface area contributed by atoms with Crippen molar-refractivity contribution in [1.82, 2.24) is 14.9 Å². The normalized spacial score (nSPS) is 18.5. The van der Waals surface area contributed by atoms with Gasteiger partial charge in [0.05, 0.1) is 35.7 Å². The van der Waals surface area contributed by atoms with Crippen LogP contribution in [0.5, 0.6) is 11.5 Å². The van der Waals surface area contributed by atoms with E-state index in [1.807, 2.05) is 12.1 Å².